The SMILES string of the molecule is COC(=O)[C@@H]1[C@H]2C=C[C@@H]([C@@H]3C=C[C@@H]32)[C@@H]1C(=O)OC. The van der Waals surface area contributed by atoms with E-state index in [1.165, 1.54) is 14.2 Å². The third kappa shape index (κ3) is 1.32. The number of ether oxygens (including phenoxy) is 2. The molecule has 96 valence electrons. The molecule has 0 saturated heterocycles. The van der Waals surface area contributed by atoms with Crippen molar-refractivity contribution in [3.63, 3.8) is 0 Å². The first-order chi connectivity index (χ1) is 8.69. The Balaban J connectivity index is 2.00. The maximum atomic E-state index is 12.0. The van der Waals surface area contributed by atoms with Gasteiger partial charge in [-0.1, -0.05) is 24.3 Å². The average Bonchev–Trinajstić information content (AvgIpc) is 2.35. The number of rotatable bonds is 2. The van der Waals surface area contributed by atoms with Gasteiger partial charge in [0.2, 0.25) is 0 Å². The summed E-state index contributed by atoms with van der Waals surface area (Å²) in [5.41, 5.74) is 0. The molecule has 6 atom stereocenters. The molecule has 0 N–H and O–H groups in total. The van der Waals surface area contributed by atoms with Gasteiger partial charge < -0.3 is 9.47 Å². The summed E-state index contributed by atoms with van der Waals surface area (Å²) in [6, 6.07) is 0. The van der Waals surface area contributed by atoms with Crippen LogP contribution in [0.5, 0.6) is 0 Å². The summed E-state index contributed by atoms with van der Waals surface area (Å²) in [4.78, 5) is 24.0. The maximum absolute atomic E-state index is 12.0. The summed E-state index contributed by atoms with van der Waals surface area (Å²) in [6.07, 6.45) is 8.40. The third-order valence-electron chi connectivity index (χ3n) is 4.61. The monoisotopic (exact) mass is 248 g/mol. The van der Waals surface area contributed by atoms with E-state index in [0.717, 1.165) is 0 Å². The van der Waals surface area contributed by atoms with Crippen LogP contribution in [0.2, 0.25) is 0 Å². The fourth-order valence-corrected chi connectivity index (χ4v) is 3.73. The van der Waals surface area contributed by atoms with E-state index in [-0.39, 0.29) is 23.8 Å². The fraction of sp³-hybridized carbons (Fsp3) is 0.571. The lowest BCUT2D eigenvalue weighted by molar-refractivity contribution is -0.167. The van der Waals surface area contributed by atoms with E-state index in [4.69, 9.17) is 9.47 Å². The number of fused-ring (bicyclic) bond motifs is 1. The van der Waals surface area contributed by atoms with E-state index in [1.54, 1.807) is 0 Å². The van der Waals surface area contributed by atoms with Crippen molar-refractivity contribution in [2.24, 2.45) is 35.5 Å². The van der Waals surface area contributed by atoms with Crippen molar-refractivity contribution in [1.29, 1.82) is 0 Å². The third-order valence-corrected chi connectivity index (χ3v) is 4.61. The summed E-state index contributed by atoms with van der Waals surface area (Å²) in [5.74, 6) is -0.502. The maximum Gasteiger partial charge on any atom is 0.310 e. The molecule has 1 fully saturated rings. The van der Waals surface area contributed by atoms with Gasteiger partial charge >= 0.3 is 11.9 Å². The minimum absolute atomic E-state index is 0.0709. The summed E-state index contributed by atoms with van der Waals surface area (Å²) in [5, 5.41) is 0. The lowest BCUT2D eigenvalue weighted by atomic mass is 9.50. The molecule has 0 aliphatic heterocycles. The normalized spacial score (nSPS) is 43.0. The number of hydrogen-bond donors (Lipinski definition) is 0. The zero-order chi connectivity index (χ0) is 12.9. The van der Waals surface area contributed by atoms with Crippen molar-refractivity contribution in [1.82, 2.24) is 0 Å². The van der Waals surface area contributed by atoms with Gasteiger partial charge in [-0.05, 0) is 23.7 Å². The molecule has 4 aliphatic rings. The van der Waals surface area contributed by atoms with Crippen molar-refractivity contribution < 1.29 is 19.1 Å². The standard InChI is InChI=1S/C14H16O4/c1-17-13(15)11-9-5-6-10(8-4-3-7(8)9)12(11)14(16)18-2/h3-12H,1-2H3/t7-,8+,9-,10-,11+,12-/m0/s1. The quantitative estimate of drug-likeness (QED) is 0.544. The molecule has 4 nitrogen and oxygen atoms in total. The first kappa shape index (κ1) is 11.5. The van der Waals surface area contributed by atoms with E-state index >= 15 is 0 Å². The first-order valence-corrected chi connectivity index (χ1v) is 6.21. The van der Waals surface area contributed by atoms with Crippen LogP contribution in [0.3, 0.4) is 0 Å². The summed E-state index contributed by atoms with van der Waals surface area (Å²) >= 11 is 0. The molecule has 4 heteroatoms. The lowest BCUT2D eigenvalue weighted by Crippen LogP contribution is -2.55. The molecule has 0 aromatic heterocycles. The van der Waals surface area contributed by atoms with Crippen molar-refractivity contribution in [3.05, 3.63) is 24.3 Å². The summed E-state index contributed by atoms with van der Waals surface area (Å²) in [7, 11) is 2.74. The smallest absolute Gasteiger partial charge is 0.310 e. The Morgan fingerprint density at radius 1 is 0.722 bits per heavy atom. The van der Waals surface area contributed by atoms with Crippen molar-refractivity contribution >= 4 is 11.9 Å². The molecule has 0 unspecified atom stereocenters. The highest BCUT2D eigenvalue weighted by molar-refractivity contribution is 5.84. The predicted octanol–water partition coefficient (Wildman–Crippen LogP) is 1.18. The minimum Gasteiger partial charge on any atom is -0.469 e. The minimum atomic E-state index is -0.399. The Morgan fingerprint density at radius 2 is 1.06 bits per heavy atom. The van der Waals surface area contributed by atoms with Gasteiger partial charge in [0.05, 0.1) is 26.1 Å². The van der Waals surface area contributed by atoms with Gasteiger partial charge in [-0.2, -0.15) is 0 Å². The molecular formula is C14H16O4. The van der Waals surface area contributed by atoms with Gasteiger partial charge in [-0.15, -0.1) is 0 Å². The van der Waals surface area contributed by atoms with Crippen LogP contribution in [0.25, 0.3) is 0 Å². The molecule has 18 heavy (non-hydrogen) atoms. The molecule has 0 heterocycles. The molecule has 4 rings (SSSR count). The number of esters is 2. The molecule has 0 aromatic rings. The van der Waals surface area contributed by atoms with Gasteiger partial charge in [0.1, 0.15) is 0 Å². The van der Waals surface area contributed by atoms with Crippen molar-refractivity contribution in [3.8, 4) is 0 Å². The molecule has 0 spiro atoms. The number of hydrogen-bond acceptors (Lipinski definition) is 4. The Bertz CT molecular complexity index is 411. The second-order valence-electron chi connectivity index (χ2n) is 5.18. The van der Waals surface area contributed by atoms with Crippen molar-refractivity contribution in [2.75, 3.05) is 14.2 Å². The van der Waals surface area contributed by atoms with Crippen LogP contribution in [0.4, 0.5) is 0 Å². The lowest BCUT2D eigenvalue weighted by Gasteiger charge is -2.53. The molecule has 2 bridgehead atoms. The van der Waals surface area contributed by atoms with Crippen LogP contribution in [0.15, 0.2) is 24.3 Å². The van der Waals surface area contributed by atoms with Crippen LogP contribution in [-0.2, 0) is 19.1 Å². The molecule has 0 radical (unpaired) electrons. The topological polar surface area (TPSA) is 52.6 Å². The van der Waals surface area contributed by atoms with Gasteiger partial charge in [-0.25, -0.2) is 0 Å². The summed E-state index contributed by atoms with van der Waals surface area (Å²) < 4.78 is 9.74. The Hall–Kier alpha value is -1.58. The van der Waals surface area contributed by atoms with E-state index in [9.17, 15) is 9.59 Å². The Labute approximate surface area is 106 Å². The van der Waals surface area contributed by atoms with E-state index < -0.39 is 11.8 Å². The van der Waals surface area contributed by atoms with Gasteiger partial charge in [0.25, 0.3) is 0 Å². The van der Waals surface area contributed by atoms with Crippen LogP contribution < -0.4 is 0 Å². The Morgan fingerprint density at radius 3 is 1.33 bits per heavy atom. The van der Waals surface area contributed by atoms with Gasteiger partial charge in [-0.3, -0.25) is 9.59 Å². The number of methoxy groups -OCH3 is 2. The van der Waals surface area contributed by atoms with Crippen LogP contribution >= 0.6 is 0 Å². The zero-order valence-corrected chi connectivity index (χ0v) is 10.4. The van der Waals surface area contributed by atoms with Crippen LogP contribution in [0, 0.1) is 35.5 Å². The van der Waals surface area contributed by atoms with Crippen LogP contribution in [-0.4, -0.2) is 26.2 Å². The molecule has 0 amide bonds. The first-order valence-electron chi connectivity index (χ1n) is 6.21. The molecule has 0 aromatic carbocycles. The van der Waals surface area contributed by atoms with Gasteiger partial charge in [0, 0.05) is 0 Å². The second kappa shape index (κ2) is 3.97. The summed E-state index contributed by atoms with van der Waals surface area (Å²) in [6.45, 7) is 0. The average molecular weight is 248 g/mol. The largest absolute Gasteiger partial charge is 0.469 e. The van der Waals surface area contributed by atoms with Crippen molar-refractivity contribution in [2.45, 2.75) is 0 Å². The number of allylic oxidation sites excluding steroid dienone is 4. The highest BCUT2D eigenvalue weighted by atomic mass is 16.5. The highest BCUT2D eigenvalue weighted by Crippen LogP contribution is 2.56. The Kier molecular flexibility index (Phi) is 2.54. The van der Waals surface area contributed by atoms with E-state index in [0.29, 0.717) is 11.8 Å². The fourth-order valence-electron chi connectivity index (χ4n) is 3.73. The molecule has 4 aliphatic carbocycles. The van der Waals surface area contributed by atoms with E-state index in [2.05, 4.69) is 24.3 Å². The second-order valence-corrected chi connectivity index (χ2v) is 5.18. The van der Waals surface area contributed by atoms with Crippen LogP contribution in [0.1, 0.15) is 0 Å². The number of carbonyl (C=O) groups is 2. The predicted molar refractivity (Wildman–Crippen MR) is 63.3 cm³/mol. The number of carbonyl (C=O) groups excluding carboxylic acids is 2. The van der Waals surface area contributed by atoms with E-state index in [1.807, 2.05) is 0 Å². The zero-order valence-electron chi connectivity index (χ0n) is 10.4. The van der Waals surface area contributed by atoms with Gasteiger partial charge in [0.15, 0.2) is 0 Å². The highest BCUT2D eigenvalue weighted by Gasteiger charge is 2.58. The molecular weight excluding hydrogens is 232 g/mol. The molecule has 1 saturated carbocycles.